The number of aromatic nitrogens is 1. The van der Waals surface area contributed by atoms with Gasteiger partial charge in [-0.3, -0.25) is 4.98 Å². The Bertz CT molecular complexity index is 252. The Balaban J connectivity index is 2.63. The molecule has 0 aliphatic heterocycles. The molecule has 1 nitrogen and oxygen atoms in total. The first kappa shape index (κ1) is 9.46. The topological polar surface area (TPSA) is 12.9 Å². The third-order valence-corrected chi connectivity index (χ3v) is 2.14. The fourth-order valence-electron chi connectivity index (χ4n) is 1.02. The van der Waals surface area contributed by atoms with E-state index in [1.165, 1.54) is 12.3 Å². The lowest BCUT2D eigenvalue weighted by Gasteiger charge is -2.05. The van der Waals surface area contributed by atoms with E-state index in [9.17, 15) is 4.39 Å². The van der Waals surface area contributed by atoms with Crippen molar-refractivity contribution in [1.82, 2.24) is 4.98 Å². The normalized spacial score (nSPS) is 12.9. The molecule has 0 saturated carbocycles. The molecule has 0 aromatic carbocycles. The summed E-state index contributed by atoms with van der Waals surface area (Å²) in [5, 5.41) is 0. The van der Waals surface area contributed by atoms with Crippen molar-refractivity contribution in [3.63, 3.8) is 0 Å². The van der Waals surface area contributed by atoms with Gasteiger partial charge in [0.1, 0.15) is 5.82 Å². The molecule has 0 bridgehead atoms. The van der Waals surface area contributed by atoms with Crippen LogP contribution in [0, 0.1) is 11.7 Å². The quantitative estimate of drug-likeness (QED) is 0.663. The highest BCUT2D eigenvalue weighted by molar-refractivity contribution is 6.18. The summed E-state index contributed by atoms with van der Waals surface area (Å²) < 4.78 is 12.6. The van der Waals surface area contributed by atoms with Gasteiger partial charge >= 0.3 is 0 Å². The van der Waals surface area contributed by atoms with Crippen molar-refractivity contribution >= 4 is 11.6 Å². The lowest BCUT2D eigenvalue weighted by Crippen LogP contribution is -2.01. The van der Waals surface area contributed by atoms with Crippen LogP contribution in [0.3, 0.4) is 0 Å². The highest BCUT2D eigenvalue weighted by Gasteiger charge is 2.02. The summed E-state index contributed by atoms with van der Waals surface area (Å²) >= 11 is 5.63. The highest BCUT2D eigenvalue weighted by atomic mass is 35.5. The third-order valence-electron chi connectivity index (χ3n) is 1.61. The zero-order chi connectivity index (χ0) is 8.97. The van der Waals surface area contributed by atoms with Crippen LogP contribution >= 0.6 is 11.6 Å². The number of nitrogens with zero attached hydrogens (tertiary/aromatic N) is 1. The molecule has 1 atom stereocenters. The van der Waals surface area contributed by atoms with Crippen LogP contribution in [0.1, 0.15) is 12.5 Å². The van der Waals surface area contributed by atoms with Gasteiger partial charge in [0.05, 0.1) is 6.20 Å². The summed E-state index contributed by atoms with van der Waals surface area (Å²) in [6, 6.07) is 1.50. The summed E-state index contributed by atoms with van der Waals surface area (Å²) in [6.45, 7) is 2.03. The zero-order valence-corrected chi connectivity index (χ0v) is 7.68. The number of hydrogen-bond donors (Lipinski definition) is 0. The van der Waals surface area contributed by atoms with Crippen LogP contribution in [0.2, 0.25) is 0 Å². The maximum absolute atomic E-state index is 12.6. The molecule has 1 aromatic heterocycles. The third kappa shape index (κ3) is 2.78. The average molecular weight is 188 g/mol. The summed E-state index contributed by atoms with van der Waals surface area (Å²) in [7, 11) is 0. The summed E-state index contributed by atoms with van der Waals surface area (Å²) in [5.41, 5.74) is 0.906. The summed E-state index contributed by atoms with van der Waals surface area (Å²) in [6.07, 6.45) is 3.66. The number of rotatable bonds is 3. The molecule has 0 saturated heterocycles. The van der Waals surface area contributed by atoms with Gasteiger partial charge in [-0.2, -0.15) is 0 Å². The standard InChI is InChI=1S/C9H11ClFN/c1-7(4-10)2-8-3-9(11)6-12-5-8/h3,5-7H,2,4H2,1H3. The first-order valence-corrected chi connectivity index (χ1v) is 4.41. The van der Waals surface area contributed by atoms with E-state index in [0.29, 0.717) is 11.8 Å². The molecule has 0 aliphatic rings. The second-order valence-electron chi connectivity index (χ2n) is 2.98. The van der Waals surface area contributed by atoms with E-state index in [1.54, 1.807) is 6.20 Å². The van der Waals surface area contributed by atoms with E-state index in [-0.39, 0.29) is 5.82 Å². The molecular weight excluding hydrogens is 177 g/mol. The molecule has 0 amide bonds. The Morgan fingerprint density at radius 3 is 2.92 bits per heavy atom. The van der Waals surface area contributed by atoms with Crippen LogP contribution in [0.5, 0.6) is 0 Å². The van der Waals surface area contributed by atoms with E-state index in [4.69, 9.17) is 11.6 Å². The molecule has 0 spiro atoms. The molecule has 1 aromatic rings. The minimum absolute atomic E-state index is 0.283. The Hall–Kier alpha value is -0.630. The van der Waals surface area contributed by atoms with Crippen molar-refractivity contribution in [2.45, 2.75) is 13.3 Å². The molecule has 0 radical (unpaired) electrons. The minimum atomic E-state index is -0.283. The molecule has 0 N–H and O–H groups in total. The predicted molar refractivity (Wildman–Crippen MR) is 47.8 cm³/mol. The van der Waals surface area contributed by atoms with E-state index >= 15 is 0 Å². The second kappa shape index (κ2) is 4.41. The van der Waals surface area contributed by atoms with Gasteiger partial charge in [-0.25, -0.2) is 4.39 Å². The van der Waals surface area contributed by atoms with Crippen LogP contribution in [0.25, 0.3) is 0 Å². The largest absolute Gasteiger partial charge is 0.261 e. The van der Waals surface area contributed by atoms with Crippen LogP contribution in [0.15, 0.2) is 18.5 Å². The van der Waals surface area contributed by atoms with Crippen LogP contribution in [-0.2, 0) is 6.42 Å². The van der Waals surface area contributed by atoms with Crippen molar-refractivity contribution in [3.8, 4) is 0 Å². The monoisotopic (exact) mass is 187 g/mol. The lowest BCUT2D eigenvalue weighted by atomic mass is 10.1. The molecule has 1 heterocycles. The Labute approximate surface area is 76.6 Å². The molecule has 66 valence electrons. The van der Waals surface area contributed by atoms with E-state index in [1.807, 2.05) is 6.92 Å². The van der Waals surface area contributed by atoms with Crippen molar-refractivity contribution in [2.24, 2.45) is 5.92 Å². The van der Waals surface area contributed by atoms with Gasteiger partial charge in [-0.1, -0.05) is 6.92 Å². The van der Waals surface area contributed by atoms with Crippen molar-refractivity contribution in [1.29, 1.82) is 0 Å². The number of alkyl halides is 1. The molecule has 0 fully saturated rings. The minimum Gasteiger partial charge on any atom is -0.261 e. The van der Waals surface area contributed by atoms with E-state index in [2.05, 4.69) is 4.98 Å². The Morgan fingerprint density at radius 2 is 2.33 bits per heavy atom. The van der Waals surface area contributed by atoms with Crippen molar-refractivity contribution in [3.05, 3.63) is 29.8 Å². The molecular formula is C9H11ClFN. The predicted octanol–water partition coefficient (Wildman–Crippen LogP) is 2.64. The summed E-state index contributed by atoms with van der Waals surface area (Å²) in [4.78, 5) is 3.75. The Morgan fingerprint density at radius 1 is 1.58 bits per heavy atom. The first-order valence-electron chi connectivity index (χ1n) is 3.87. The Kier molecular flexibility index (Phi) is 3.48. The van der Waals surface area contributed by atoms with Gasteiger partial charge in [0.25, 0.3) is 0 Å². The molecule has 1 rings (SSSR count). The van der Waals surface area contributed by atoms with Gasteiger partial charge in [-0.15, -0.1) is 11.6 Å². The fraction of sp³-hybridized carbons (Fsp3) is 0.444. The van der Waals surface area contributed by atoms with E-state index < -0.39 is 0 Å². The fourth-order valence-corrected chi connectivity index (χ4v) is 1.13. The number of halogens is 2. The van der Waals surface area contributed by atoms with Crippen molar-refractivity contribution < 1.29 is 4.39 Å². The van der Waals surface area contributed by atoms with Gasteiger partial charge < -0.3 is 0 Å². The molecule has 3 heteroatoms. The summed E-state index contributed by atoms with van der Waals surface area (Å²) in [5.74, 6) is 0.681. The van der Waals surface area contributed by atoms with Gasteiger partial charge in [0.2, 0.25) is 0 Å². The molecule has 1 unspecified atom stereocenters. The van der Waals surface area contributed by atoms with Crippen LogP contribution in [0.4, 0.5) is 4.39 Å². The lowest BCUT2D eigenvalue weighted by molar-refractivity contribution is 0.607. The number of pyridine rings is 1. The zero-order valence-electron chi connectivity index (χ0n) is 6.93. The average Bonchev–Trinajstić information content (AvgIpc) is 2.04. The van der Waals surface area contributed by atoms with Gasteiger partial charge in [0, 0.05) is 12.1 Å². The van der Waals surface area contributed by atoms with Crippen LogP contribution < -0.4 is 0 Å². The molecule has 0 aliphatic carbocycles. The van der Waals surface area contributed by atoms with Crippen LogP contribution in [-0.4, -0.2) is 10.9 Å². The molecule has 12 heavy (non-hydrogen) atoms. The maximum atomic E-state index is 12.6. The smallest absolute Gasteiger partial charge is 0.141 e. The van der Waals surface area contributed by atoms with Gasteiger partial charge in [-0.05, 0) is 24.0 Å². The maximum Gasteiger partial charge on any atom is 0.141 e. The SMILES string of the molecule is CC(CCl)Cc1cncc(F)c1. The van der Waals surface area contributed by atoms with Gasteiger partial charge in [0.15, 0.2) is 0 Å². The number of hydrogen-bond acceptors (Lipinski definition) is 1. The van der Waals surface area contributed by atoms with E-state index in [0.717, 1.165) is 12.0 Å². The second-order valence-corrected chi connectivity index (χ2v) is 3.28. The first-order chi connectivity index (χ1) is 5.72. The van der Waals surface area contributed by atoms with Crippen molar-refractivity contribution in [2.75, 3.05) is 5.88 Å². The highest BCUT2D eigenvalue weighted by Crippen LogP contribution is 2.09.